The van der Waals surface area contributed by atoms with E-state index in [9.17, 15) is 0 Å². The zero-order valence-electron chi connectivity index (χ0n) is 7.09. The fourth-order valence-corrected chi connectivity index (χ4v) is 1.72. The molecule has 1 aliphatic rings. The quantitative estimate of drug-likeness (QED) is 0.504. The Morgan fingerprint density at radius 2 is 2.08 bits per heavy atom. The van der Waals surface area contributed by atoms with Crippen LogP contribution in [-0.4, -0.2) is 0 Å². The monoisotopic (exact) mass is 154 g/mol. The number of terminal acetylenes is 1. The first-order valence-corrected chi connectivity index (χ1v) is 4.07. The summed E-state index contributed by atoms with van der Waals surface area (Å²) in [5, 5.41) is 0. The summed E-state index contributed by atoms with van der Waals surface area (Å²) in [6.45, 7) is 2.11. The summed E-state index contributed by atoms with van der Waals surface area (Å²) in [5.74, 6) is 2.75. The maximum absolute atomic E-state index is 5.43. The molecule has 2 rings (SSSR count). The fourth-order valence-electron chi connectivity index (χ4n) is 1.72. The summed E-state index contributed by atoms with van der Waals surface area (Å²) in [6.07, 6.45) is 6.45. The Hall–Kier alpha value is -1.48. The van der Waals surface area contributed by atoms with Crippen molar-refractivity contribution in [3.8, 4) is 12.3 Å². The first kappa shape index (κ1) is 7.18. The van der Waals surface area contributed by atoms with Crippen LogP contribution in [0.2, 0.25) is 0 Å². The van der Waals surface area contributed by atoms with Gasteiger partial charge in [-0.15, -0.1) is 6.42 Å². The van der Waals surface area contributed by atoms with Gasteiger partial charge in [0.1, 0.15) is 0 Å². The van der Waals surface area contributed by atoms with Gasteiger partial charge in [-0.1, -0.05) is 35.8 Å². The molecular formula is C12H10. The Labute approximate surface area is 72.9 Å². The van der Waals surface area contributed by atoms with Crippen molar-refractivity contribution >= 4 is 5.57 Å². The van der Waals surface area contributed by atoms with Gasteiger partial charge in [0.2, 0.25) is 0 Å². The average molecular weight is 154 g/mol. The highest BCUT2D eigenvalue weighted by atomic mass is 14.2. The summed E-state index contributed by atoms with van der Waals surface area (Å²) >= 11 is 0. The van der Waals surface area contributed by atoms with Crippen LogP contribution in [0.15, 0.2) is 29.8 Å². The zero-order chi connectivity index (χ0) is 8.55. The number of hydrogen-bond donors (Lipinski definition) is 0. The molecule has 0 aliphatic heterocycles. The van der Waals surface area contributed by atoms with Crippen LogP contribution in [-0.2, 0) is 6.42 Å². The Balaban J connectivity index is 2.63. The molecule has 1 aromatic carbocycles. The smallest absolute Gasteiger partial charge is 0.0310 e. The van der Waals surface area contributed by atoms with Crippen LogP contribution in [0.1, 0.15) is 18.1 Å². The van der Waals surface area contributed by atoms with Gasteiger partial charge in [-0.3, -0.25) is 0 Å². The molecule has 0 atom stereocenters. The predicted molar refractivity (Wildman–Crippen MR) is 51.6 cm³/mol. The van der Waals surface area contributed by atoms with Gasteiger partial charge in [-0.2, -0.15) is 0 Å². The van der Waals surface area contributed by atoms with Crippen LogP contribution < -0.4 is 0 Å². The van der Waals surface area contributed by atoms with Crippen molar-refractivity contribution in [2.75, 3.05) is 0 Å². The number of hydrogen-bond acceptors (Lipinski definition) is 0. The molecule has 0 unspecified atom stereocenters. The van der Waals surface area contributed by atoms with Crippen LogP contribution in [0.4, 0.5) is 0 Å². The summed E-state index contributed by atoms with van der Waals surface area (Å²) in [7, 11) is 0. The van der Waals surface area contributed by atoms with Crippen molar-refractivity contribution < 1.29 is 0 Å². The number of benzene rings is 1. The summed E-state index contributed by atoms with van der Waals surface area (Å²) in [6, 6.07) is 8.34. The van der Waals surface area contributed by atoms with Gasteiger partial charge in [0.25, 0.3) is 0 Å². The predicted octanol–water partition coefficient (Wildman–Crippen LogP) is 2.65. The van der Waals surface area contributed by atoms with Gasteiger partial charge in [-0.05, 0) is 24.5 Å². The molecule has 0 N–H and O–H groups in total. The van der Waals surface area contributed by atoms with E-state index < -0.39 is 0 Å². The molecular weight excluding hydrogens is 144 g/mol. The van der Waals surface area contributed by atoms with Crippen molar-refractivity contribution in [2.24, 2.45) is 0 Å². The normalized spacial score (nSPS) is 14.3. The van der Waals surface area contributed by atoms with E-state index in [0.717, 1.165) is 12.0 Å². The lowest BCUT2D eigenvalue weighted by atomic mass is 10.1. The van der Waals surface area contributed by atoms with Gasteiger partial charge in [-0.25, -0.2) is 0 Å². The number of fused-ring (bicyclic) bond motifs is 1. The van der Waals surface area contributed by atoms with E-state index in [-0.39, 0.29) is 0 Å². The molecule has 0 heteroatoms. The SMILES string of the molecule is C#CC1=C(C)Cc2ccccc21. The average Bonchev–Trinajstić information content (AvgIpc) is 2.40. The van der Waals surface area contributed by atoms with Gasteiger partial charge < -0.3 is 0 Å². The molecule has 12 heavy (non-hydrogen) atoms. The third-order valence-electron chi connectivity index (χ3n) is 2.31. The van der Waals surface area contributed by atoms with E-state index in [0.29, 0.717) is 0 Å². The standard InChI is InChI=1S/C12H10/c1-3-11-9(2)8-10-6-4-5-7-12(10)11/h1,4-7H,8H2,2H3. The first-order valence-electron chi connectivity index (χ1n) is 4.07. The van der Waals surface area contributed by atoms with Gasteiger partial charge in [0.15, 0.2) is 0 Å². The fraction of sp³-hybridized carbons (Fsp3) is 0.167. The number of allylic oxidation sites excluding steroid dienone is 2. The van der Waals surface area contributed by atoms with E-state index in [2.05, 4.69) is 31.0 Å². The van der Waals surface area contributed by atoms with E-state index in [4.69, 9.17) is 6.42 Å². The van der Waals surface area contributed by atoms with Crippen molar-refractivity contribution in [1.29, 1.82) is 0 Å². The lowest BCUT2D eigenvalue weighted by Gasteiger charge is -1.97. The highest BCUT2D eigenvalue weighted by Crippen LogP contribution is 2.31. The maximum atomic E-state index is 5.43. The molecule has 1 aliphatic carbocycles. The molecule has 1 aromatic rings. The Bertz CT molecular complexity index is 389. The van der Waals surface area contributed by atoms with Crippen molar-refractivity contribution in [2.45, 2.75) is 13.3 Å². The summed E-state index contributed by atoms with van der Waals surface area (Å²) in [5.41, 5.74) is 5.02. The van der Waals surface area contributed by atoms with E-state index in [1.54, 1.807) is 0 Å². The third-order valence-corrected chi connectivity index (χ3v) is 2.31. The molecule has 58 valence electrons. The Morgan fingerprint density at radius 3 is 2.83 bits per heavy atom. The van der Waals surface area contributed by atoms with Crippen LogP contribution in [0, 0.1) is 12.3 Å². The van der Waals surface area contributed by atoms with Crippen LogP contribution in [0.5, 0.6) is 0 Å². The largest absolute Gasteiger partial charge is 0.115 e. The maximum Gasteiger partial charge on any atom is 0.0310 e. The van der Waals surface area contributed by atoms with Crippen LogP contribution >= 0.6 is 0 Å². The molecule has 0 saturated heterocycles. The van der Waals surface area contributed by atoms with E-state index in [1.807, 2.05) is 6.07 Å². The van der Waals surface area contributed by atoms with Crippen molar-refractivity contribution in [1.82, 2.24) is 0 Å². The minimum Gasteiger partial charge on any atom is -0.115 e. The van der Waals surface area contributed by atoms with Gasteiger partial charge in [0.05, 0.1) is 0 Å². The molecule has 0 fully saturated rings. The minimum atomic E-state index is 1.02. The second kappa shape index (κ2) is 2.53. The number of rotatable bonds is 0. The lowest BCUT2D eigenvalue weighted by Crippen LogP contribution is -1.80. The van der Waals surface area contributed by atoms with Crippen molar-refractivity contribution in [3.05, 3.63) is 41.0 Å². The third kappa shape index (κ3) is 0.871. The molecule has 0 nitrogen and oxygen atoms in total. The molecule has 0 heterocycles. The molecule has 0 aromatic heterocycles. The van der Waals surface area contributed by atoms with E-state index >= 15 is 0 Å². The highest BCUT2D eigenvalue weighted by Gasteiger charge is 2.15. The second-order valence-electron chi connectivity index (χ2n) is 3.13. The lowest BCUT2D eigenvalue weighted by molar-refractivity contribution is 1.19. The van der Waals surface area contributed by atoms with Gasteiger partial charge >= 0.3 is 0 Å². The molecule has 0 bridgehead atoms. The Kier molecular flexibility index (Phi) is 1.52. The Morgan fingerprint density at radius 1 is 1.33 bits per heavy atom. The molecule has 0 saturated carbocycles. The highest BCUT2D eigenvalue weighted by molar-refractivity contribution is 5.85. The van der Waals surface area contributed by atoms with Gasteiger partial charge in [0, 0.05) is 5.57 Å². The zero-order valence-corrected chi connectivity index (χ0v) is 7.09. The summed E-state index contributed by atoms with van der Waals surface area (Å²) < 4.78 is 0. The molecule has 0 spiro atoms. The van der Waals surface area contributed by atoms with Crippen LogP contribution in [0.25, 0.3) is 5.57 Å². The second-order valence-corrected chi connectivity index (χ2v) is 3.13. The molecule has 0 radical (unpaired) electrons. The van der Waals surface area contributed by atoms with E-state index in [1.165, 1.54) is 16.7 Å². The summed E-state index contributed by atoms with van der Waals surface area (Å²) in [4.78, 5) is 0. The topological polar surface area (TPSA) is 0 Å². The minimum absolute atomic E-state index is 1.02. The first-order chi connectivity index (χ1) is 5.83. The molecule has 0 amide bonds. The van der Waals surface area contributed by atoms with Crippen LogP contribution in [0.3, 0.4) is 0 Å². The van der Waals surface area contributed by atoms with Crippen molar-refractivity contribution in [3.63, 3.8) is 0 Å².